The molecule has 10 fully saturated rings. The SMILES string of the molecule is C1CCC(C2CCC(C3CCC(N(C4CCC(C5CCCCC5)CC4)C4CCCC5C6CCC7SC8CCCCC8C7C6OC54)CC3)CC2)CC1. The number of ether oxygens (including phenoxy) is 1. The topological polar surface area (TPSA) is 12.5 Å². The first-order valence-corrected chi connectivity index (χ1v) is 25.3. The van der Waals surface area contributed by atoms with Gasteiger partial charge in [-0.2, -0.15) is 11.8 Å². The lowest BCUT2D eigenvalue weighted by Crippen LogP contribution is -2.58. The molecule has 10 rings (SSSR count). The van der Waals surface area contributed by atoms with Crippen LogP contribution in [0, 0.1) is 59.2 Å². The van der Waals surface area contributed by atoms with Crippen molar-refractivity contribution < 1.29 is 4.74 Å². The molecule has 3 heteroatoms. The van der Waals surface area contributed by atoms with Crippen LogP contribution in [0.5, 0.6) is 0 Å². The number of rotatable bonds is 6. The Hall–Kier alpha value is 0.270. The van der Waals surface area contributed by atoms with Crippen LogP contribution < -0.4 is 0 Å². The van der Waals surface area contributed by atoms with Crippen molar-refractivity contribution in [3.05, 3.63) is 0 Å². The molecule has 0 aromatic heterocycles. The Morgan fingerprint density at radius 2 is 0.804 bits per heavy atom. The average Bonchev–Trinajstić information content (AvgIpc) is 3.78. The Labute approximate surface area is 319 Å². The van der Waals surface area contributed by atoms with Gasteiger partial charge in [-0.25, -0.2) is 0 Å². The van der Waals surface area contributed by atoms with Crippen molar-refractivity contribution in [2.24, 2.45) is 59.2 Å². The fraction of sp³-hybridized carbons (Fsp3) is 1.00. The van der Waals surface area contributed by atoms with Crippen LogP contribution in [0.1, 0.15) is 199 Å². The van der Waals surface area contributed by atoms with Gasteiger partial charge in [0.2, 0.25) is 0 Å². The summed E-state index contributed by atoms with van der Waals surface area (Å²) in [7, 11) is 0. The first kappa shape index (κ1) is 35.7. The summed E-state index contributed by atoms with van der Waals surface area (Å²) in [4.78, 5) is 3.34. The maximum Gasteiger partial charge on any atom is 0.0766 e. The molecule has 2 aliphatic heterocycles. The summed E-state index contributed by atoms with van der Waals surface area (Å²) in [5.41, 5.74) is 0. The van der Waals surface area contributed by atoms with Crippen molar-refractivity contribution in [3.8, 4) is 0 Å². The third-order valence-electron chi connectivity index (χ3n) is 19.1. The van der Waals surface area contributed by atoms with Gasteiger partial charge in [-0.15, -0.1) is 0 Å². The van der Waals surface area contributed by atoms with Crippen LogP contribution in [0.2, 0.25) is 0 Å². The molecule has 0 amide bonds. The Balaban J connectivity index is 0.838. The minimum absolute atomic E-state index is 0.559. The lowest BCUT2D eigenvalue weighted by molar-refractivity contribution is -0.0987. The molecule has 9 atom stereocenters. The molecule has 2 saturated heterocycles. The van der Waals surface area contributed by atoms with E-state index in [-0.39, 0.29) is 0 Å². The Morgan fingerprint density at radius 1 is 0.333 bits per heavy atom. The maximum absolute atomic E-state index is 7.75. The molecule has 2 heterocycles. The summed E-state index contributed by atoms with van der Waals surface area (Å²) in [5.74, 6) is 10.1. The highest BCUT2D eigenvalue weighted by atomic mass is 32.2. The smallest absolute Gasteiger partial charge is 0.0766 e. The quantitative estimate of drug-likeness (QED) is 0.271. The highest BCUT2D eigenvalue weighted by Crippen LogP contribution is 2.61. The summed E-state index contributed by atoms with van der Waals surface area (Å²) < 4.78 is 7.75. The lowest BCUT2D eigenvalue weighted by Gasteiger charge is -2.52. The van der Waals surface area contributed by atoms with Crippen LogP contribution in [0.25, 0.3) is 0 Å². The lowest BCUT2D eigenvalue weighted by atomic mass is 9.64. The van der Waals surface area contributed by atoms with Gasteiger partial charge in [0, 0.05) is 34.5 Å². The molecular weight excluding hydrogens is 639 g/mol. The monoisotopic (exact) mass is 718 g/mol. The summed E-state index contributed by atoms with van der Waals surface area (Å²) in [6.07, 6.45) is 48.6. The Bertz CT molecular complexity index is 1110. The zero-order valence-electron chi connectivity index (χ0n) is 33.0. The highest BCUT2D eigenvalue weighted by Gasteiger charge is 2.60. The predicted octanol–water partition coefficient (Wildman–Crippen LogP) is 13.0. The van der Waals surface area contributed by atoms with Gasteiger partial charge in [0.05, 0.1) is 12.2 Å². The van der Waals surface area contributed by atoms with Crippen LogP contribution in [0.15, 0.2) is 0 Å². The van der Waals surface area contributed by atoms with Gasteiger partial charge in [0.25, 0.3) is 0 Å². The third kappa shape index (κ3) is 7.12. The van der Waals surface area contributed by atoms with E-state index < -0.39 is 0 Å². The Morgan fingerprint density at radius 3 is 1.39 bits per heavy atom. The van der Waals surface area contributed by atoms with Gasteiger partial charge in [-0.3, -0.25) is 4.90 Å². The number of thioether (sulfide) groups is 1. The van der Waals surface area contributed by atoms with Crippen LogP contribution in [0.4, 0.5) is 0 Å². The van der Waals surface area contributed by atoms with Gasteiger partial charge >= 0.3 is 0 Å². The molecule has 10 aliphatic rings. The summed E-state index contributed by atoms with van der Waals surface area (Å²) in [5, 5.41) is 1.90. The summed E-state index contributed by atoms with van der Waals surface area (Å²) in [6.45, 7) is 0. The molecular formula is C48H79NOS. The largest absolute Gasteiger partial charge is 0.372 e. The molecule has 288 valence electrons. The van der Waals surface area contributed by atoms with Gasteiger partial charge in [0.15, 0.2) is 0 Å². The normalized spacial score (nSPS) is 49.9. The van der Waals surface area contributed by atoms with Crippen molar-refractivity contribution in [3.63, 3.8) is 0 Å². The fourth-order valence-electron chi connectivity index (χ4n) is 16.7. The van der Waals surface area contributed by atoms with E-state index >= 15 is 0 Å². The van der Waals surface area contributed by atoms with Gasteiger partial charge < -0.3 is 4.74 Å². The molecule has 9 unspecified atom stereocenters. The summed E-state index contributed by atoms with van der Waals surface area (Å²) >= 11 is 2.45. The van der Waals surface area contributed by atoms with Gasteiger partial charge in [0.1, 0.15) is 0 Å². The second-order valence-electron chi connectivity index (χ2n) is 21.3. The first-order valence-electron chi connectivity index (χ1n) is 24.4. The zero-order chi connectivity index (χ0) is 33.7. The van der Waals surface area contributed by atoms with Crippen molar-refractivity contribution in [1.29, 1.82) is 0 Å². The standard InChI is InChI=1S/C48H79NOS/c1-3-10-32(11-4-1)34-18-20-35(21-19-34)37-24-28-39(29-25-37)49(38-26-22-36(23-27-38)33-12-5-2-6-13-33)43-16-9-15-40-41-30-31-45-46(48(41)50-47(40)43)42-14-7-8-17-44(42)51-45/h32-48H,1-31H2. The second kappa shape index (κ2) is 16.0. The zero-order valence-corrected chi connectivity index (χ0v) is 33.8. The van der Waals surface area contributed by atoms with E-state index in [1.165, 1.54) is 122 Å². The van der Waals surface area contributed by atoms with Crippen LogP contribution >= 0.6 is 11.8 Å². The number of hydrogen-bond acceptors (Lipinski definition) is 3. The van der Waals surface area contributed by atoms with Crippen molar-refractivity contribution >= 4 is 11.8 Å². The van der Waals surface area contributed by atoms with E-state index in [1.807, 2.05) is 0 Å². The van der Waals surface area contributed by atoms with Gasteiger partial charge in [-0.1, -0.05) is 83.5 Å². The molecule has 0 aromatic carbocycles. The molecule has 2 nitrogen and oxygen atoms in total. The van der Waals surface area contributed by atoms with E-state index in [1.54, 1.807) is 77.0 Å². The molecule has 0 bridgehead atoms. The predicted molar refractivity (Wildman–Crippen MR) is 215 cm³/mol. The Kier molecular flexibility index (Phi) is 11.2. The molecule has 8 saturated carbocycles. The maximum atomic E-state index is 7.75. The molecule has 0 spiro atoms. The number of fused-ring (bicyclic) bond motifs is 7. The minimum Gasteiger partial charge on any atom is -0.372 e. The van der Waals surface area contributed by atoms with Crippen LogP contribution in [-0.2, 0) is 4.74 Å². The van der Waals surface area contributed by atoms with E-state index in [9.17, 15) is 0 Å². The molecule has 51 heavy (non-hydrogen) atoms. The highest BCUT2D eigenvalue weighted by molar-refractivity contribution is 8.00. The number of hydrogen-bond donors (Lipinski definition) is 0. The van der Waals surface area contributed by atoms with E-state index in [2.05, 4.69) is 16.7 Å². The van der Waals surface area contributed by atoms with E-state index in [0.29, 0.717) is 12.2 Å². The summed E-state index contributed by atoms with van der Waals surface area (Å²) in [6, 6.07) is 2.43. The molecule has 0 aromatic rings. The van der Waals surface area contributed by atoms with Crippen LogP contribution in [-0.4, -0.2) is 45.7 Å². The molecule has 0 N–H and O–H groups in total. The molecule has 0 radical (unpaired) electrons. The molecule has 8 aliphatic carbocycles. The second-order valence-corrected chi connectivity index (χ2v) is 22.7. The van der Waals surface area contributed by atoms with Crippen molar-refractivity contribution in [2.45, 2.75) is 240 Å². The van der Waals surface area contributed by atoms with Gasteiger partial charge in [-0.05, 0) is 169 Å². The van der Waals surface area contributed by atoms with Crippen molar-refractivity contribution in [1.82, 2.24) is 4.90 Å². The number of nitrogens with zero attached hydrogens (tertiary/aromatic N) is 1. The van der Waals surface area contributed by atoms with E-state index in [0.717, 1.165) is 87.8 Å². The van der Waals surface area contributed by atoms with Crippen LogP contribution in [0.3, 0.4) is 0 Å². The van der Waals surface area contributed by atoms with Crippen molar-refractivity contribution in [2.75, 3.05) is 0 Å². The first-order chi connectivity index (χ1) is 25.3. The third-order valence-corrected chi connectivity index (χ3v) is 21.0. The minimum atomic E-state index is 0.559. The fourth-order valence-corrected chi connectivity index (χ4v) is 18.8. The average molecular weight is 718 g/mol. The van der Waals surface area contributed by atoms with E-state index in [4.69, 9.17) is 4.74 Å².